The summed E-state index contributed by atoms with van der Waals surface area (Å²) in [5.41, 5.74) is -0.695. The van der Waals surface area contributed by atoms with E-state index >= 15 is 0 Å². The smallest absolute Gasteiger partial charge is 0.432 e. The molecule has 5 aromatic rings. The van der Waals surface area contributed by atoms with E-state index in [0.29, 0.717) is 23.0 Å². The number of benzene rings is 2. The lowest BCUT2D eigenvalue weighted by molar-refractivity contribution is -0.141. The van der Waals surface area contributed by atoms with Crippen molar-refractivity contribution < 1.29 is 31.1 Å². The first-order chi connectivity index (χ1) is 17.5. The minimum atomic E-state index is -4.61. The standard InChI is InChI=1S/C23H13ClF6N6O/c24-15-3-1-11(7-14(15)22(25,26)27)33-21-34-16-4-2-12(8-17(16)35-21)37-13-5-6-31-18(9-13)20-32-10-19(36-20)23(28,29)30/h1-10H,(H,32,36)(H2,33,34,35). The summed E-state index contributed by atoms with van der Waals surface area (Å²) in [5.74, 6) is 0.743. The van der Waals surface area contributed by atoms with E-state index < -0.39 is 28.6 Å². The van der Waals surface area contributed by atoms with E-state index in [1.165, 1.54) is 24.4 Å². The van der Waals surface area contributed by atoms with Gasteiger partial charge in [0, 0.05) is 24.0 Å². The lowest BCUT2D eigenvalue weighted by Gasteiger charge is -2.11. The first kappa shape index (κ1) is 24.4. The van der Waals surface area contributed by atoms with Crippen LogP contribution in [0.4, 0.5) is 38.0 Å². The van der Waals surface area contributed by atoms with Crippen LogP contribution in [0.5, 0.6) is 11.5 Å². The van der Waals surface area contributed by atoms with Crippen LogP contribution in [0.1, 0.15) is 11.3 Å². The Labute approximate surface area is 208 Å². The van der Waals surface area contributed by atoms with E-state index in [1.807, 2.05) is 0 Å². The zero-order valence-corrected chi connectivity index (χ0v) is 18.9. The van der Waals surface area contributed by atoms with Crippen molar-refractivity contribution in [3.8, 4) is 23.0 Å². The number of fused-ring (bicyclic) bond motifs is 1. The molecule has 190 valence electrons. The number of hydrogen-bond acceptors (Lipinski definition) is 5. The van der Waals surface area contributed by atoms with Gasteiger partial charge in [-0.25, -0.2) is 9.97 Å². The maximum Gasteiger partial charge on any atom is 0.432 e. The molecule has 5 rings (SSSR count). The Hall–Kier alpha value is -4.26. The van der Waals surface area contributed by atoms with Crippen LogP contribution in [0.3, 0.4) is 0 Å². The zero-order valence-electron chi connectivity index (χ0n) is 18.2. The Morgan fingerprint density at radius 2 is 1.62 bits per heavy atom. The number of nitrogens with zero attached hydrogens (tertiary/aromatic N) is 3. The van der Waals surface area contributed by atoms with Crippen molar-refractivity contribution in [2.24, 2.45) is 0 Å². The second kappa shape index (κ2) is 9.00. The van der Waals surface area contributed by atoms with Crippen molar-refractivity contribution in [2.75, 3.05) is 5.32 Å². The van der Waals surface area contributed by atoms with Crippen molar-refractivity contribution in [3.63, 3.8) is 0 Å². The minimum absolute atomic E-state index is 0.0767. The van der Waals surface area contributed by atoms with Crippen LogP contribution < -0.4 is 10.1 Å². The van der Waals surface area contributed by atoms with Gasteiger partial charge in [0.2, 0.25) is 5.95 Å². The molecule has 0 saturated heterocycles. The van der Waals surface area contributed by atoms with Crippen molar-refractivity contribution >= 4 is 34.3 Å². The molecule has 0 fully saturated rings. The summed E-state index contributed by atoms with van der Waals surface area (Å²) >= 11 is 5.66. The van der Waals surface area contributed by atoms with Crippen LogP contribution in [0.15, 0.2) is 60.9 Å². The van der Waals surface area contributed by atoms with Crippen molar-refractivity contribution in [1.82, 2.24) is 24.9 Å². The summed E-state index contributed by atoms with van der Waals surface area (Å²) in [7, 11) is 0. The van der Waals surface area contributed by atoms with Gasteiger partial charge in [-0.2, -0.15) is 26.3 Å². The summed E-state index contributed by atoms with van der Waals surface area (Å²) in [6.45, 7) is 0. The molecule has 0 amide bonds. The van der Waals surface area contributed by atoms with Gasteiger partial charge < -0.3 is 20.0 Å². The lowest BCUT2D eigenvalue weighted by Crippen LogP contribution is -2.06. The molecule has 0 aliphatic carbocycles. The Bertz CT molecular complexity index is 1590. The van der Waals surface area contributed by atoms with E-state index in [-0.39, 0.29) is 28.9 Å². The molecule has 0 aliphatic rings. The van der Waals surface area contributed by atoms with Crippen LogP contribution in [-0.4, -0.2) is 24.9 Å². The second-order valence-corrected chi connectivity index (χ2v) is 8.11. The number of imidazole rings is 2. The topological polar surface area (TPSA) is 91.5 Å². The number of anilines is 2. The van der Waals surface area contributed by atoms with Gasteiger partial charge in [0.1, 0.15) is 22.9 Å². The Balaban J connectivity index is 1.35. The summed E-state index contributed by atoms with van der Waals surface area (Å²) < 4.78 is 83.7. The van der Waals surface area contributed by atoms with Gasteiger partial charge >= 0.3 is 12.4 Å². The van der Waals surface area contributed by atoms with Gasteiger partial charge in [-0.05, 0) is 36.4 Å². The predicted molar refractivity (Wildman–Crippen MR) is 123 cm³/mol. The van der Waals surface area contributed by atoms with Crippen molar-refractivity contribution in [3.05, 3.63) is 77.2 Å². The van der Waals surface area contributed by atoms with E-state index in [0.717, 1.165) is 12.1 Å². The quantitative estimate of drug-likeness (QED) is 0.201. The molecule has 3 heterocycles. The highest BCUT2D eigenvalue weighted by molar-refractivity contribution is 6.31. The fourth-order valence-corrected chi connectivity index (χ4v) is 3.63. The van der Waals surface area contributed by atoms with Gasteiger partial charge in [-0.15, -0.1) is 0 Å². The fourth-order valence-electron chi connectivity index (χ4n) is 3.40. The molecule has 3 aromatic heterocycles. The van der Waals surface area contributed by atoms with Crippen LogP contribution in [0, 0.1) is 0 Å². The molecule has 0 radical (unpaired) electrons. The number of pyridine rings is 1. The maximum absolute atomic E-state index is 13.1. The molecule has 7 nitrogen and oxygen atoms in total. The Morgan fingerprint density at radius 3 is 2.35 bits per heavy atom. The number of alkyl halides is 6. The predicted octanol–water partition coefficient (Wildman–Crippen LogP) is 7.57. The summed E-state index contributed by atoms with van der Waals surface area (Å²) in [4.78, 5) is 17.2. The normalized spacial score (nSPS) is 12.2. The van der Waals surface area contributed by atoms with E-state index in [9.17, 15) is 26.3 Å². The molecule has 0 aliphatic heterocycles. The molecule has 0 saturated carbocycles. The molecular weight excluding hydrogens is 526 g/mol. The lowest BCUT2D eigenvalue weighted by atomic mass is 10.2. The second-order valence-electron chi connectivity index (χ2n) is 7.70. The molecule has 37 heavy (non-hydrogen) atoms. The third-order valence-electron chi connectivity index (χ3n) is 5.08. The number of H-pyrrole nitrogens is 2. The molecular formula is C23H13ClF6N6O. The average molecular weight is 539 g/mol. The van der Waals surface area contributed by atoms with Crippen LogP contribution in [-0.2, 0) is 12.4 Å². The molecule has 0 bridgehead atoms. The number of halogens is 7. The Kier molecular flexibility index (Phi) is 5.94. The first-order valence-electron chi connectivity index (χ1n) is 10.4. The van der Waals surface area contributed by atoms with Crippen molar-refractivity contribution in [2.45, 2.75) is 12.4 Å². The molecule has 3 N–H and O–H groups in total. The van der Waals surface area contributed by atoms with Crippen LogP contribution >= 0.6 is 11.6 Å². The SMILES string of the molecule is FC(F)(F)c1cnc(-c2cc(Oc3ccc4[nH]c(Nc5ccc(Cl)c(C(F)(F)F)c5)nc4c3)ccn2)[nH]1. The third kappa shape index (κ3) is 5.31. The molecule has 14 heteroatoms. The van der Waals surface area contributed by atoms with Crippen LogP contribution in [0.25, 0.3) is 22.6 Å². The molecule has 0 atom stereocenters. The number of aromatic nitrogens is 5. The van der Waals surface area contributed by atoms with E-state index in [4.69, 9.17) is 16.3 Å². The van der Waals surface area contributed by atoms with Gasteiger partial charge in [-0.1, -0.05) is 11.6 Å². The average Bonchev–Trinajstić information content (AvgIpc) is 3.47. The molecule has 0 spiro atoms. The summed E-state index contributed by atoms with van der Waals surface area (Å²) in [5, 5.41) is 2.36. The minimum Gasteiger partial charge on any atom is -0.457 e. The number of hydrogen-bond donors (Lipinski definition) is 3. The number of nitrogens with one attached hydrogen (secondary N) is 3. The number of rotatable bonds is 5. The van der Waals surface area contributed by atoms with E-state index in [1.54, 1.807) is 18.2 Å². The summed E-state index contributed by atoms with van der Waals surface area (Å²) in [6.07, 6.45) is -7.15. The fraction of sp³-hybridized carbons (Fsp3) is 0.0870. The first-order valence-corrected chi connectivity index (χ1v) is 10.7. The molecule has 0 unspecified atom stereocenters. The van der Waals surface area contributed by atoms with Crippen LogP contribution in [0.2, 0.25) is 5.02 Å². The van der Waals surface area contributed by atoms with E-state index in [2.05, 4.69) is 30.2 Å². The molecule has 2 aromatic carbocycles. The van der Waals surface area contributed by atoms with Gasteiger partial charge in [0.05, 0.1) is 27.8 Å². The maximum atomic E-state index is 13.1. The van der Waals surface area contributed by atoms with Gasteiger partial charge in [0.15, 0.2) is 5.82 Å². The largest absolute Gasteiger partial charge is 0.457 e. The highest BCUT2D eigenvalue weighted by atomic mass is 35.5. The highest BCUT2D eigenvalue weighted by Gasteiger charge is 2.34. The van der Waals surface area contributed by atoms with Gasteiger partial charge in [-0.3, -0.25) is 4.98 Å². The van der Waals surface area contributed by atoms with Crippen molar-refractivity contribution in [1.29, 1.82) is 0 Å². The van der Waals surface area contributed by atoms with Gasteiger partial charge in [0.25, 0.3) is 0 Å². The monoisotopic (exact) mass is 538 g/mol. The highest BCUT2D eigenvalue weighted by Crippen LogP contribution is 2.37. The number of aromatic amines is 2. The number of ether oxygens (including phenoxy) is 1. The summed E-state index contributed by atoms with van der Waals surface area (Å²) in [6, 6.07) is 11.2. The zero-order chi connectivity index (χ0) is 26.4. The third-order valence-corrected chi connectivity index (χ3v) is 5.41. The Morgan fingerprint density at radius 1 is 0.838 bits per heavy atom.